The van der Waals surface area contributed by atoms with E-state index in [1.165, 1.54) is 23.0 Å². The van der Waals surface area contributed by atoms with Gasteiger partial charge in [0.25, 0.3) is 0 Å². The van der Waals surface area contributed by atoms with Crippen LogP contribution in [0, 0.1) is 22.7 Å². The monoisotopic (exact) mass is 303 g/mol. The number of nitrogens with one attached hydrogen (secondary N) is 1. The zero-order valence-corrected chi connectivity index (χ0v) is 12.7. The smallest absolute Gasteiger partial charge is 0.145 e. The number of hydrogen-bond donors (Lipinski definition) is 1. The Kier molecular flexibility index (Phi) is 4.40. The first-order chi connectivity index (χ1) is 11.3. The maximum absolute atomic E-state index is 8.82. The molecule has 1 atom stereocenters. The van der Waals surface area contributed by atoms with Gasteiger partial charge in [0, 0.05) is 17.5 Å². The lowest BCUT2D eigenvalue weighted by Crippen LogP contribution is -2.22. The molecule has 0 saturated carbocycles. The highest BCUT2D eigenvalue weighted by Gasteiger charge is 2.23. The van der Waals surface area contributed by atoms with Gasteiger partial charge in [0.05, 0.1) is 18.8 Å². The molecular weight excluding hydrogens is 286 g/mol. The summed E-state index contributed by atoms with van der Waals surface area (Å²) in [6.45, 7) is 0.764. The average Bonchev–Trinajstić information content (AvgIpc) is 3.00. The third kappa shape index (κ3) is 3.25. The molecule has 3 rings (SSSR count). The fraction of sp³-hybridized carbons (Fsp3) is 0.278. The van der Waals surface area contributed by atoms with Crippen molar-refractivity contribution in [1.29, 1.82) is 10.5 Å². The van der Waals surface area contributed by atoms with Crippen LogP contribution in [0.25, 0.3) is 0 Å². The van der Waals surface area contributed by atoms with E-state index in [0.717, 1.165) is 25.8 Å². The molecule has 0 radical (unpaired) electrons. The van der Waals surface area contributed by atoms with Crippen LogP contribution in [0.15, 0.2) is 48.3 Å². The minimum absolute atomic E-state index is 0.0915. The Morgan fingerprint density at radius 1 is 1.30 bits per heavy atom. The molecule has 0 spiro atoms. The van der Waals surface area contributed by atoms with Crippen LogP contribution in [0.4, 0.5) is 0 Å². The van der Waals surface area contributed by atoms with Gasteiger partial charge in [-0.25, -0.2) is 0 Å². The van der Waals surface area contributed by atoms with Crippen molar-refractivity contribution in [2.75, 3.05) is 0 Å². The van der Waals surface area contributed by atoms with Crippen LogP contribution in [0.1, 0.15) is 35.7 Å². The molecule has 0 saturated heterocycles. The van der Waals surface area contributed by atoms with E-state index < -0.39 is 0 Å². The van der Waals surface area contributed by atoms with Gasteiger partial charge in [-0.05, 0) is 24.8 Å². The molecule has 0 aliphatic heterocycles. The summed E-state index contributed by atoms with van der Waals surface area (Å²) in [5.41, 5.74) is 3.72. The number of fused-ring (bicyclic) bond motifs is 1. The molecule has 1 aromatic carbocycles. The minimum atomic E-state index is 0.0915. The molecule has 1 aliphatic rings. The second kappa shape index (κ2) is 6.81. The van der Waals surface area contributed by atoms with E-state index in [2.05, 4.69) is 27.2 Å². The predicted octanol–water partition coefficient (Wildman–Crippen LogP) is 2.83. The highest BCUT2D eigenvalue weighted by atomic mass is 15.3. The first kappa shape index (κ1) is 14.9. The van der Waals surface area contributed by atoms with E-state index in [0.29, 0.717) is 0 Å². The summed E-state index contributed by atoms with van der Waals surface area (Å²) in [7, 11) is 0. The zero-order valence-electron chi connectivity index (χ0n) is 12.7. The van der Waals surface area contributed by atoms with Crippen LogP contribution in [0.5, 0.6) is 0 Å². The lowest BCUT2D eigenvalue weighted by atomic mass is 9.93. The van der Waals surface area contributed by atoms with Gasteiger partial charge in [-0.15, -0.1) is 0 Å². The van der Waals surface area contributed by atoms with Crippen LogP contribution in [-0.2, 0) is 13.0 Å². The number of nitriles is 2. The second-order valence-electron chi connectivity index (χ2n) is 5.58. The number of rotatable bonds is 4. The van der Waals surface area contributed by atoms with Gasteiger partial charge < -0.3 is 5.32 Å². The molecule has 1 aliphatic carbocycles. The molecule has 1 heterocycles. The maximum Gasteiger partial charge on any atom is 0.145 e. The summed E-state index contributed by atoms with van der Waals surface area (Å²) < 4.78 is 2.05. The van der Waals surface area contributed by atoms with Crippen LogP contribution in [0.3, 0.4) is 0 Å². The summed E-state index contributed by atoms with van der Waals surface area (Å²) in [4.78, 5) is 0. The Balaban J connectivity index is 1.80. The molecule has 0 fully saturated rings. The Hall–Kier alpha value is -3.05. The van der Waals surface area contributed by atoms with Crippen LogP contribution < -0.4 is 5.32 Å². The Labute approximate surface area is 135 Å². The number of hydrogen-bond acceptors (Lipinski definition) is 4. The maximum atomic E-state index is 8.82. The third-order valence-electron chi connectivity index (χ3n) is 4.11. The molecule has 5 heteroatoms. The molecule has 23 heavy (non-hydrogen) atoms. The summed E-state index contributed by atoms with van der Waals surface area (Å²) in [6, 6.07) is 14.1. The van der Waals surface area contributed by atoms with Crippen molar-refractivity contribution in [3.05, 3.63) is 65.1 Å². The highest BCUT2D eigenvalue weighted by Crippen LogP contribution is 2.30. The molecule has 1 aromatic heterocycles. The molecule has 1 N–H and O–H groups in total. The molecule has 0 bridgehead atoms. The first-order valence-corrected chi connectivity index (χ1v) is 7.66. The van der Waals surface area contributed by atoms with Gasteiger partial charge in [0.2, 0.25) is 0 Å². The Morgan fingerprint density at radius 2 is 2.09 bits per heavy atom. The normalized spacial score (nSPS) is 15.8. The average molecular weight is 303 g/mol. The predicted molar refractivity (Wildman–Crippen MR) is 85.9 cm³/mol. The van der Waals surface area contributed by atoms with Crippen molar-refractivity contribution in [1.82, 2.24) is 15.1 Å². The van der Waals surface area contributed by atoms with E-state index in [-0.39, 0.29) is 11.6 Å². The fourth-order valence-corrected chi connectivity index (χ4v) is 2.96. The largest absolute Gasteiger partial charge is 0.382 e. The SMILES string of the molecule is N#CC(C#N)=CNC1CCCc2c1cnn2Cc1ccccc1. The van der Waals surface area contributed by atoms with Crippen molar-refractivity contribution in [3.8, 4) is 12.1 Å². The molecule has 1 unspecified atom stereocenters. The zero-order chi connectivity index (χ0) is 16.1. The van der Waals surface area contributed by atoms with Crippen molar-refractivity contribution in [3.63, 3.8) is 0 Å². The van der Waals surface area contributed by atoms with Crippen molar-refractivity contribution >= 4 is 0 Å². The highest BCUT2D eigenvalue weighted by molar-refractivity contribution is 5.35. The van der Waals surface area contributed by atoms with Gasteiger partial charge >= 0.3 is 0 Å². The van der Waals surface area contributed by atoms with E-state index in [1.807, 2.05) is 36.5 Å². The molecule has 114 valence electrons. The lowest BCUT2D eigenvalue weighted by Gasteiger charge is -2.23. The van der Waals surface area contributed by atoms with E-state index in [9.17, 15) is 0 Å². The van der Waals surface area contributed by atoms with Crippen molar-refractivity contribution in [2.24, 2.45) is 0 Å². The first-order valence-electron chi connectivity index (χ1n) is 7.66. The molecule has 5 nitrogen and oxygen atoms in total. The summed E-state index contributed by atoms with van der Waals surface area (Å²) in [6.07, 6.45) is 6.46. The van der Waals surface area contributed by atoms with Crippen molar-refractivity contribution in [2.45, 2.75) is 31.8 Å². The topological polar surface area (TPSA) is 77.4 Å². The minimum Gasteiger partial charge on any atom is -0.382 e. The quantitative estimate of drug-likeness (QED) is 0.881. The van der Waals surface area contributed by atoms with Gasteiger partial charge in [-0.1, -0.05) is 30.3 Å². The fourth-order valence-electron chi connectivity index (χ4n) is 2.96. The summed E-state index contributed by atoms with van der Waals surface area (Å²) in [5.74, 6) is 0. The lowest BCUT2D eigenvalue weighted by molar-refractivity contribution is 0.494. The van der Waals surface area contributed by atoms with Crippen LogP contribution in [0.2, 0.25) is 0 Å². The van der Waals surface area contributed by atoms with E-state index in [4.69, 9.17) is 10.5 Å². The Bertz CT molecular complexity index is 773. The third-order valence-corrected chi connectivity index (χ3v) is 4.11. The van der Waals surface area contributed by atoms with E-state index in [1.54, 1.807) is 0 Å². The van der Waals surface area contributed by atoms with Gasteiger partial charge in [0.15, 0.2) is 0 Å². The number of benzene rings is 1. The standard InChI is InChI=1S/C18H17N5/c19-9-15(10-20)11-21-17-7-4-8-18-16(17)12-22-23(18)13-14-5-2-1-3-6-14/h1-3,5-6,11-12,17,21H,4,7-8,13H2. The number of nitrogens with zero attached hydrogens (tertiary/aromatic N) is 4. The van der Waals surface area contributed by atoms with Crippen LogP contribution >= 0.6 is 0 Å². The molecule has 0 amide bonds. The molecule has 2 aromatic rings. The number of aromatic nitrogens is 2. The van der Waals surface area contributed by atoms with Gasteiger partial charge in [-0.3, -0.25) is 4.68 Å². The second-order valence-corrected chi connectivity index (χ2v) is 5.58. The van der Waals surface area contributed by atoms with Crippen molar-refractivity contribution < 1.29 is 0 Å². The molecular formula is C18H17N5. The number of allylic oxidation sites excluding steroid dienone is 1. The van der Waals surface area contributed by atoms with Gasteiger partial charge in [-0.2, -0.15) is 15.6 Å². The van der Waals surface area contributed by atoms with E-state index >= 15 is 0 Å². The summed E-state index contributed by atoms with van der Waals surface area (Å²) >= 11 is 0. The summed E-state index contributed by atoms with van der Waals surface area (Å²) in [5, 5.41) is 25.4. The Morgan fingerprint density at radius 3 is 2.83 bits per heavy atom. The van der Waals surface area contributed by atoms with Crippen LogP contribution in [-0.4, -0.2) is 9.78 Å². The van der Waals surface area contributed by atoms with Gasteiger partial charge in [0.1, 0.15) is 17.7 Å².